The SMILES string of the molecule is Cc1c(CC(=O)NC(CCCNC(N)=O)C(=O)O)c(=O)oc2c(C)c3oc4c(c3cc12)CCCC4. The number of urea groups is 1. The number of hydrogen-bond donors (Lipinski definition) is 4. The molecule has 2 aromatic heterocycles. The number of aliphatic carboxylic acids is 1. The van der Waals surface area contributed by atoms with Crippen LogP contribution < -0.4 is 22.0 Å². The summed E-state index contributed by atoms with van der Waals surface area (Å²) in [4.78, 5) is 47.8. The zero-order valence-corrected chi connectivity index (χ0v) is 19.8. The monoisotopic (exact) mass is 483 g/mol. The molecule has 0 bridgehead atoms. The van der Waals surface area contributed by atoms with E-state index in [1.54, 1.807) is 6.92 Å². The summed E-state index contributed by atoms with van der Waals surface area (Å²) in [5, 5.41) is 16.0. The normalized spacial score (nSPS) is 14.0. The van der Waals surface area contributed by atoms with Crippen LogP contribution in [0.1, 0.15) is 53.7 Å². The quantitative estimate of drug-likeness (QED) is 0.282. The Morgan fingerprint density at radius 3 is 2.51 bits per heavy atom. The van der Waals surface area contributed by atoms with Gasteiger partial charge in [0.2, 0.25) is 5.91 Å². The molecule has 2 heterocycles. The van der Waals surface area contributed by atoms with Gasteiger partial charge >= 0.3 is 17.6 Å². The van der Waals surface area contributed by atoms with E-state index in [0.717, 1.165) is 53.4 Å². The van der Waals surface area contributed by atoms with Crippen molar-refractivity contribution in [2.45, 2.75) is 64.8 Å². The van der Waals surface area contributed by atoms with Crippen LogP contribution in [0, 0.1) is 13.8 Å². The zero-order chi connectivity index (χ0) is 25.3. The third-order valence-corrected chi connectivity index (χ3v) is 6.66. The number of aryl methyl sites for hydroxylation is 4. The van der Waals surface area contributed by atoms with E-state index < -0.39 is 29.6 Å². The third-order valence-electron chi connectivity index (χ3n) is 6.66. The average Bonchev–Trinajstić information content (AvgIpc) is 3.18. The molecule has 1 unspecified atom stereocenters. The molecule has 0 spiro atoms. The summed E-state index contributed by atoms with van der Waals surface area (Å²) in [7, 11) is 0. The Balaban J connectivity index is 1.60. The van der Waals surface area contributed by atoms with Gasteiger partial charge in [-0.25, -0.2) is 14.4 Å². The number of carboxylic acid groups (broad SMARTS) is 1. The number of nitrogens with two attached hydrogens (primary N) is 1. The molecule has 1 aliphatic carbocycles. The number of rotatable bonds is 8. The molecular weight excluding hydrogens is 454 g/mol. The lowest BCUT2D eigenvalue weighted by atomic mass is 9.93. The van der Waals surface area contributed by atoms with Crippen molar-refractivity contribution in [3.05, 3.63) is 44.5 Å². The molecule has 0 saturated carbocycles. The van der Waals surface area contributed by atoms with Crippen molar-refractivity contribution in [3.63, 3.8) is 0 Å². The van der Waals surface area contributed by atoms with E-state index in [4.69, 9.17) is 14.6 Å². The molecule has 0 fully saturated rings. The van der Waals surface area contributed by atoms with Crippen molar-refractivity contribution in [1.29, 1.82) is 0 Å². The van der Waals surface area contributed by atoms with Crippen molar-refractivity contribution < 1.29 is 28.3 Å². The molecule has 0 aliphatic heterocycles. The molecular formula is C25H29N3O7. The lowest BCUT2D eigenvalue weighted by Gasteiger charge is -2.15. The number of carbonyl (C=O) groups is 3. The summed E-state index contributed by atoms with van der Waals surface area (Å²) < 4.78 is 11.7. The summed E-state index contributed by atoms with van der Waals surface area (Å²) in [5.74, 6) is -0.828. The van der Waals surface area contributed by atoms with Crippen molar-refractivity contribution in [3.8, 4) is 0 Å². The average molecular weight is 484 g/mol. The number of carboxylic acids is 1. The lowest BCUT2D eigenvalue weighted by Crippen LogP contribution is -2.42. The van der Waals surface area contributed by atoms with Crippen LogP contribution in [0.5, 0.6) is 0 Å². The van der Waals surface area contributed by atoms with Gasteiger partial charge in [0, 0.05) is 34.9 Å². The lowest BCUT2D eigenvalue weighted by molar-refractivity contribution is -0.141. The largest absolute Gasteiger partial charge is 0.480 e. The minimum absolute atomic E-state index is 0.0927. The molecule has 1 aromatic carbocycles. The van der Waals surface area contributed by atoms with Gasteiger partial charge in [-0.05, 0) is 57.6 Å². The summed E-state index contributed by atoms with van der Waals surface area (Å²) in [6, 6.07) is 0.101. The maximum Gasteiger partial charge on any atom is 0.340 e. The first-order chi connectivity index (χ1) is 16.7. The van der Waals surface area contributed by atoms with Crippen LogP contribution in [-0.4, -0.2) is 35.6 Å². The van der Waals surface area contributed by atoms with E-state index in [1.165, 1.54) is 5.56 Å². The van der Waals surface area contributed by atoms with Gasteiger partial charge in [0.15, 0.2) is 0 Å². The number of furan rings is 1. The first-order valence-corrected chi connectivity index (χ1v) is 11.7. The highest BCUT2D eigenvalue weighted by molar-refractivity contribution is 6.00. The van der Waals surface area contributed by atoms with Gasteiger partial charge in [0.1, 0.15) is 23.0 Å². The smallest absolute Gasteiger partial charge is 0.340 e. The summed E-state index contributed by atoms with van der Waals surface area (Å²) >= 11 is 0. The predicted molar refractivity (Wildman–Crippen MR) is 128 cm³/mol. The van der Waals surface area contributed by atoms with Gasteiger partial charge in [-0.1, -0.05) is 0 Å². The predicted octanol–water partition coefficient (Wildman–Crippen LogP) is 2.60. The Kier molecular flexibility index (Phi) is 6.81. The maximum absolute atomic E-state index is 12.8. The first kappa shape index (κ1) is 24.3. The molecule has 35 heavy (non-hydrogen) atoms. The fourth-order valence-corrected chi connectivity index (χ4v) is 4.80. The number of primary amides is 1. The Bertz CT molecular complexity index is 1390. The number of nitrogens with one attached hydrogen (secondary N) is 2. The van der Waals surface area contributed by atoms with Gasteiger partial charge in [-0.15, -0.1) is 0 Å². The van der Waals surface area contributed by atoms with E-state index in [2.05, 4.69) is 10.6 Å². The molecule has 3 aromatic rings. The standard InChI is InChI=1S/C25H29N3O7/c1-12-15-10-17-14-6-3-4-8-19(14)34-22(17)13(2)21(15)35-24(32)16(12)11-20(29)28-18(23(30)31)7-5-9-27-25(26)33/h10,18H,3-9,11H2,1-2H3,(H,28,29)(H,30,31)(H3,26,27,33). The highest BCUT2D eigenvalue weighted by Crippen LogP contribution is 2.37. The second-order valence-corrected chi connectivity index (χ2v) is 9.03. The molecule has 5 N–H and O–H groups in total. The Morgan fingerprint density at radius 1 is 1.09 bits per heavy atom. The summed E-state index contributed by atoms with van der Waals surface area (Å²) in [6.45, 7) is 3.82. The minimum Gasteiger partial charge on any atom is -0.480 e. The first-order valence-electron chi connectivity index (χ1n) is 11.7. The molecule has 10 heteroatoms. The molecule has 0 radical (unpaired) electrons. The van der Waals surface area contributed by atoms with Crippen LogP contribution in [-0.2, 0) is 28.9 Å². The highest BCUT2D eigenvalue weighted by atomic mass is 16.4. The maximum atomic E-state index is 12.8. The number of amides is 3. The van der Waals surface area contributed by atoms with Gasteiger partial charge in [0.05, 0.1) is 12.0 Å². The van der Waals surface area contributed by atoms with Crippen LogP contribution in [0.15, 0.2) is 19.7 Å². The molecule has 10 nitrogen and oxygen atoms in total. The zero-order valence-electron chi connectivity index (χ0n) is 19.8. The summed E-state index contributed by atoms with van der Waals surface area (Å²) in [5.41, 5.74) is 8.26. The van der Waals surface area contributed by atoms with E-state index in [1.807, 2.05) is 13.0 Å². The van der Waals surface area contributed by atoms with Gasteiger partial charge in [-0.2, -0.15) is 0 Å². The molecule has 0 saturated heterocycles. The number of carbonyl (C=O) groups excluding carboxylic acids is 2. The third kappa shape index (κ3) is 4.87. The van der Waals surface area contributed by atoms with Gasteiger partial charge in [0.25, 0.3) is 0 Å². The fraction of sp³-hybridized carbons (Fsp3) is 0.440. The van der Waals surface area contributed by atoms with Gasteiger partial charge < -0.3 is 30.3 Å². The van der Waals surface area contributed by atoms with E-state index >= 15 is 0 Å². The summed E-state index contributed by atoms with van der Waals surface area (Å²) in [6.07, 6.45) is 4.08. The number of hydrogen-bond acceptors (Lipinski definition) is 6. The van der Waals surface area contributed by atoms with Crippen LogP contribution in [0.4, 0.5) is 4.79 Å². The van der Waals surface area contributed by atoms with Crippen LogP contribution >= 0.6 is 0 Å². The van der Waals surface area contributed by atoms with Crippen molar-refractivity contribution in [2.24, 2.45) is 5.73 Å². The molecule has 1 aliphatic rings. The van der Waals surface area contributed by atoms with Crippen LogP contribution in [0.3, 0.4) is 0 Å². The Labute approximate surface area is 200 Å². The van der Waals surface area contributed by atoms with Crippen LogP contribution in [0.2, 0.25) is 0 Å². The van der Waals surface area contributed by atoms with Gasteiger partial charge in [-0.3, -0.25) is 4.79 Å². The van der Waals surface area contributed by atoms with E-state index in [-0.39, 0.29) is 24.9 Å². The Hall–Kier alpha value is -3.82. The fourth-order valence-electron chi connectivity index (χ4n) is 4.80. The molecule has 4 rings (SSSR count). The van der Waals surface area contributed by atoms with E-state index in [9.17, 15) is 24.3 Å². The Morgan fingerprint density at radius 2 is 1.80 bits per heavy atom. The number of fused-ring (bicyclic) bond motifs is 4. The van der Waals surface area contributed by atoms with Crippen LogP contribution in [0.25, 0.3) is 21.9 Å². The topological polar surface area (TPSA) is 165 Å². The minimum atomic E-state index is -1.21. The van der Waals surface area contributed by atoms with Crippen molar-refractivity contribution >= 4 is 39.8 Å². The molecule has 3 amide bonds. The second kappa shape index (κ2) is 9.81. The molecule has 1 atom stereocenters. The molecule has 186 valence electrons. The highest BCUT2D eigenvalue weighted by Gasteiger charge is 2.25. The number of benzene rings is 1. The second-order valence-electron chi connectivity index (χ2n) is 9.03. The van der Waals surface area contributed by atoms with E-state index in [0.29, 0.717) is 17.6 Å². The van der Waals surface area contributed by atoms with Crippen molar-refractivity contribution in [2.75, 3.05) is 6.54 Å². The van der Waals surface area contributed by atoms with Crippen molar-refractivity contribution in [1.82, 2.24) is 10.6 Å².